The Morgan fingerprint density at radius 1 is 1.00 bits per heavy atom. The predicted molar refractivity (Wildman–Crippen MR) is 108 cm³/mol. The minimum Gasteiger partial charge on any atom is -0.496 e. The Labute approximate surface area is 159 Å². The van der Waals surface area contributed by atoms with E-state index in [1.165, 1.54) is 5.56 Å². The van der Waals surface area contributed by atoms with Gasteiger partial charge in [0.2, 0.25) is 0 Å². The van der Waals surface area contributed by atoms with Gasteiger partial charge in [-0.05, 0) is 36.8 Å². The molecule has 0 aliphatic carbocycles. The van der Waals surface area contributed by atoms with Gasteiger partial charge in [-0.3, -0.25) is 4.79 Å². The number of rotatable bonds is 3. The van der Waals surface area contributed by atoms with Crippen LogP contribution in [0.4, 0.5) is 5.82 Å². The molecular weight excluding hydrogens is 338 g/mol. The molecule has 5 heteroatoms. The van der Waals surface area contributed by atoms with Crippen molar-refractivity contribution in [3.8, 4) is 5.75 Å². The number of piperazine rings is 1. The molecule has 0 bridgehead atoms. The Hall–Kier alpha value is -3.08. The van der Waals surface area contributed by atoms with Gasteiger partial charge >= 0.3 is 0 Å². The van der Waals surface area contributed by atoms with Crippen LogP contribution >= 0.6 is 0 Å². The molecular formula is C22H23N3O2. The second-order valence-electron chi connectivity index (χ2n) is 6.80. The Balaban J connectivity index is 1.51. The number of hydrogen-bond donors (Lipinski definition) is 0. The number of fused-ring (bicyclic) bond motifs is 1. The van der Waals surface area contributed by atoms with Crippen LogP contribution < -0.4 is 9.64 Å². The lowest BCUT2D eigenvalue weighted by Crippen LogP contribution is -2.49. The van der Waals surface area contributed by atoms with Gasteiger partial charge in [0.05, 0.1) is 18.2 Å². The van der Waals surface area contributed by atoms with E-state index in [1.54, 1.807) is 7.11 Å². The summed E-state index contributed by atoms with van der Waals surface area (Å²) in [6.45, 7) is 4.98. The van der Waals surface area contributed by atoms with Gasteiger partial charge in [-0.25, -0.2) is 4.98 Å². The number of hydrogen-bond acceptors (Lipinski definition) is 4. The van der Waals surface area contributed by atoms with Gasteiger partial charge in [0.15, 0.2) is 0 Å². The highest BCUT2D eigenvalue weighted by molar-refractivity contribution is 5.97. The topological polar surface area (TPSA) is 45.7 Å². The number of methoxy groups -OCH3 is 1. The number of benzene rings is 2. The van der Waals surface area contributed by atoms with Crippen molar-refractivity contribution in [2.75, 3.05) is 38.2 Å². The van der Waals surface area contributed by atoms with Crippen LogP contribution in [0.25, 0.3) is 10.9 Å². The summed E-state index contributed by atoms with van der Waals surface area (Å²) in [6, 6.07) is 17.8. The smallest absolute Gasteiger partial charge is 0.257 e. The number of carbonyl (C=O) groups is 1. The second kappa shape index (κ2) is 7.27. The Morgan fingerprint density at radius 2 is 1.70 bits per heavy atom. The number of carbonyl (C=O) groups excluding carboxylic acids is 1. The van der Waals surface area contributed by atoms with Crippen molar-refractivity contribution >= 4 is 22.6 Å². The zero-order chi connectivity index (χ0) is 18.8. The van der Waals surface area contributed by atoms with Crippen LogP contribution in [-0.4, -0.2) is 49.1 Å². The summed E-state index contributed by atoms with van der Waals surface area (Å²) >= 11 is 0. The van der Waals surface area contributed by atoms with Gasteiger partial charge in [-0.2, -0.15) is 0 Å². The molecule has 0 saturated carbocycles. The number of nitrogens with zero attached hydrogens (tertiary/aromatic N) is 3. The number of aryl methyl sites for hydroxylation is 1. The van der Waals surface area contributed by atoms with Crippen molar-refractivity contribution < 1.29 is 9.53 Å². The van der Waals surface area contributed by atoms with Gasteiger partial charge < -0.3 is 14.5 Å². The molecule has 3 aromatic rings. The number of para-hydroxylation sites is 2. The van der Waals surface area contributed by atoms with Crippen molar-refractivity contribution in [3.63, 3.8) is 0 Å². The van der Waals surface area contributed by atoms with Crippen molar-refractivity contribution in [3.05, 3.63) is 65.7 Å². The number of anilines is 1. The normalized spacial score (nSPS) is 14.4. The molecule has 0 unspecified atom stereocenters. The van der Waals surface area contributed by atoms with Crippen LogP contribution in [0, 0.1) is 6.92 Å². The first kappa shape index (κ1) is 17.3. The summed E-state index contributed by atoms with van der Waals surface area (Å²) in [7, 11) is 1.60. The standard InChI is InChI=1S/C22H23N3O2/c1-16-15-17-7-3-5-9-19(17)23-21(16)24-11-13-25(14-12-24)22(26)18-8-4-6-10-20(18)27-2/h3-10,15H,11-14H2,1-2H3. The van der Waals surface area contributed by atoms with E-state index in [1.807, 2.05) is 47.4 Å². The maximum absolute atomic E-state index is 12.9. The lowest BCUT2D eigenvalue weighted by Gasteiger charge is -2.36. The van der Waals surface area contributed by atoms with Crippen LogP contribution in [0.2, 0.25) is 0 Å². The minimum absolute atomic E-state index is 0.0234. The fourth-order valence-corrected chi connectivity index (χ4v) is 3.64. The van der Waals surface area contributed by atoms with Crippen LogP contribution in [0.1, 0.15) is 15.9 Å². The zero-order valence-corrected chi connectivity index (χ0v) is 15.7. The average Bonchev–Trinajstić information content (AvgIpc) is 2.73. The Bertz CT molecular complexity index is 978. The van der Waals surface area contributed by atoms with E-state index in [0.717, 1.165) is 29.8 Å². The molecule has 1 aromatic heterocycles. The quantitative estimate of drug-likeness (QED) is 0.716. The minimum atomic E-state index is 0.0234. The summed E-state index contributed by atoms with van der Waals surface area (Å²) in [5.74, 6) is 1.66. The van der Waals surface area contributed by atoms with Crippen LogP contribution in [0.15, 0.2) is 54.6 Å². The number of pyridine rings is 1. The van der Waals surface area contributed by atoms with E-state index >= 15 is 0 Å². The summed E-state index contributed by atoms with van der Waals surface area (Å²) in [5.41, 5.74) is 2.79. The molecule has 1 fully saturated rings. The summed E-state index contributed by atoms with van der Waals surface area (Å²) < 4.78 is 5.34. The molecule has 1 aliphatic heterocycles. The molecule has 0 spiro atoms. The van der Waals surface area contributed by atoms with E-state index in [0.29, 0.717) is 24.4 Å². The highest BCUT2D eigenvalue weighted by Crippen LogP contribution is 2.25. The van der Waals surface area contributed by atoms with Crippen LogP contribution in [0.5, 0.6) is 5.75 Å². The SMILES string of the molecule is COc1ccccc1C(=O)N1CCN(c2nc3ccccc3cc2C)CC1. The van der Waals surface area contributed by atoms with Crippen LogP contribution in [-0.2, 0) is 0 Å². The average molecular weight is 361 g/mol. The predicted octanol–water partition coefficient (Wildman–Crippen LogP) is 3.51. The molecule has 1 amide bonds. The second-order valence-corrected chi connectivity index (χ2v) is 6.80. The van der Waals surface area contributed by atoms with Gasteiger partial charge in [-0.1, -0.05) is 30.3 Å². The highest BCUT2D eigenvalue weighted by atomic mass is 16.5. The van der Waals surface area contributed by atoms with E-state index in [4.69, 9.17) is 9.72 Å². The molecule has 0 N–H and O–H groups in total. The number of amides is 1. The lowest BCUT2D eigenvalue weighted by atomic mass is 10.1. The Morgan fingerprint density at radius 3 is 2.48 bits per heavy atom. The van der Waals surface area contributed by atoms with Crippen molar-refractivity contribution in [1.29, 1.82) is 0 Å². The third kappa shape index (κ3) is 3.33. The highest BCUT2D eigenvalue weighted by Gasteiger charge is 2.25. The van der Waals surface area contributed by atoms with E-state index in [9.17, 15) is 4.79 Å². The first-order valence-corrected chi connectivity index (χ1v) is 9.21. The molecule has 4 rings (SSSR count). The fraction of sp³-hybridized carbons (Fsp3) is 0.273. The molecule has 5 nitrogen and oxygen atoms in total. The Kier molecular flexibility index (Phi) is 4.67. The molecule has 138 valence electrons. The molecule has 2 heterocycles. The fourth-order valence-electron chi connectivity index (χ4n) is 3.64. The van der Waals surface area contributed by atoms with Crippen molar-refractivity contribution in [1.82, 2.24) is 9.88 Å². The first-order valence-electron chi connectivity index (χ1n) is 9.21. The summed E-state index contributed by atoms with van der Waals surface area (Å²) in [5, 5.41) is 1.16. The maximum atomic E-state index is 12.9. The summed E-state index contributed by atoms with van der Waals surface area (Å²) in [4.78, 5) is 21.9. The van der Waals surface area contributed by atoms with Gasteiger partial charge in [0.1, 0.15) is 11.6 Å². The number of aromatic nitrogens is 1. The molecule has 2 aromatic carbocycles. The third-order valence-corrected chi connectivity index (χ3v) is 5.09. The maximum Gasteiger partial charge on any atom is 0.257 e. The number of ether oxygens (including phenoxy) is 1. The first-order chi connectivity index (χ1) is 13.2. The molecule has 1 aliphatic rings. The molecule has 1 saturated heterocycles. The van der Waals surface area contributed by atoms with Gasteiger partial charge in [-0.15, -0.1) is 0 Å². The van der Waals surface area contributed by atoms with Crippen molar-refractivity contribution in [2.45, 2.75) is 6.92 Å². The van der Waals surface area contributed by atoms with Crippen LogP contribution in [0.3, 0.4) is 0 Å². The van der Waals surface area contributed by atoms with E-state index in [2.05, 4.69) is 24.0 Å². The molecule has 27 heavy (non-hydrogen) atoms. The largest absolute Gasteiger partial charge is 0.496 e. The van der Waals surface area contributed by atoms with E-state index in [-0.39, 0.29) is 5.91 Å². The van der Waals surface area contributed by atoms with Gasteiger partial charge in [0.25, 0.3) is 5.91 Å². The zero-order valence-electron chi connectivity index (χ0n) is 15.7. The monoisotopic (exact) mass is 361 g/mol. The third-order valence-electron chi connectivity index (χ3n) is 5.09. The molecule has 0 radical (unpaired) electrons. The lowest BCUT2D eigenvalue weighted by molar-refractivity contribution is 0.0743. The molecule has 0 atom stereocenters. The van der Waals surface area contributed by atoms with Gasteiger partial charge in [0, 0.05) is 31.6 Å². The van der Waals surface area contributed by atoms with E-state index < -0.39 is 0 Å². The van der Waals surface area contributed by atoms with Crippen molar-refractivity contribution in [2.24, 2.45) is 0 Å². The summed E-state index contributed by atoms with van der Waals surface area (Å²) in [6.07, 6.45) is 0.